The maximum Gasteiger partial charge on any atom is 0.255 e. The van der Waals surface area contributed by atoms with Crippen LogP contribution in [0.4, 0.5) is 0 Å². The van der Waals surface area contributed by atoms with Gasteiger partial charge in [0.15, 0.2) is 0 Å². The third kappa shape index (κ3) is 1.92. The lowest BCUT2D eigenvalue weighted by Crippen LogP contribution is -2.15. The van der Waals surface area contributed by atoms with E-state index >= 15 is 0 Å². The first-order chi connectivity index (χ1) is 8.24. The second-order valence-electron chi connectivity index (χ2n) is 3.95. The van der Waals surface area contributed by atoms with Crippen molar-refractivity contribution in [2.75, 3.05) is 0 Å². The van der Waals surface area contributed by atoms with Crippen molar-refractivity contribution in [2.24, 2.45) is 0 Å². The second kappa shape index (κ2) is 4.09. The summed E-state index contributed by atoms with van der Waals surface area (Å²) in [5.74, 6) is 0.624. The minimum atomic E-state index is -0.0463. The van der Waals surface area contributed by atoms with Crippen LogP contribution in [-0.2, 0) is 13.1 Å². The number of nitrogens with one attached hydrogen (secondary N) is 2. The van der Waals surface area contributed by atoms with E-state index in [4.69, 9.17) is 0 Å². The molecule has 0 aliphatic carbocycles. The highest BCUT2D eigenvalue weighted by atomic mass is 79.9. The van der Waals surface area contributed by atoms with Gasteiger partial charge in [-0.25, -0.2) is 4.98 Å². The van der Waals surface area contributed by atoms with Gasteiger partial charge in [-0.05, 0) is 12.1 Å². The molecule has 4 nitrogen and oxygen atoms in total. The maximum atomic E-state index is 11.8. The number of fused-ring (bicyclic) bond motifs is 1. The lowest BCUT2D eigenvalue weighted by molar-refractivity contribution is 0.757. The van der Waals surface area contributed by atoms with Gasteiger partial charge in [-0.15, -0.1) is 0 Å². The molecule has 0 saturated carbocycles. The van der Waals surface area contributed by atoms with E-state index in [9.17, 15) is 4.79 Å². The van der Waals surface area contributed by atoms with Crippen molar-refractivity contribution >= 4 is 15.9 Å². The summed E-state index contributed by atoms with van der Waals surface area (Å²) in [6.45, 7) is 1.27. The minimum Gasteiger partial charge on any atom is -0.307 e. The van der Waals surface area contributed by atoms with E-state index in [1.807, 2.05) is 24.3 Å². The fourth-order valence-electron chi connectivity index (χ4n) is 1.95. The topological polar surface area (TPSA) is 57.8 Å². The van der Waals surface area contributed by atoms with Crippen molar-refractivity contribution in [1.29, 1.82) is 0 Å². The highest BCUT2D eigenvalue weighted by molar-refractivity contribution is 9.10. The van der Waals surface area contributed by atoms with Crippen LogP contribution in [0.2, 0.25) is 0 Å². The van der Waals surface area contributed by atoms with E-state index in [-0.39, 0.29) is 5.56 Å². The second-order valence-corrected chi connectivity index (χ2v) is 4.87. The van der Waals surface area contributed by atoms with Crippen molar-refractivity contribution in [3.8, 4) is 11.4 Å². The molecular weight excluding hydrogens is 282 g/mol. The molecule has 0 bridgehead atoms. The van der Waals surface area contributed by atoms with Gasteiger partial charge in [0.05, 0.1) is 11.3 Å². The summed E-state index contributed by atoms with van der Waals surface area (Å²) in [6.07, 6.45) is 0. The normalized spacial score (nSPS) is 13.7. The molecule has 1 aliphatic rings. The molecule has 86 valence electrons. The van der Waals surface area contributed by atoms with Crippen LogP contribution in [0, 0.1) is 0 Å². The number of H-pyrrole nitrogens is 1. The van der Waals surface area contributed by atoms with Crippen molar-refractivity contribution < 1.29 is 0 Å². The number of benzene rings is 1. The van der Waals surface area contributed by atoms with E-state index in [1.54, 1.807) is 0 Å². The van der Waals surface area contributed by atoms with Crippen LogP contribution in [0.15, 0.2) is 33.5 Å². The zero-order valence-electron chi connectivity index (χ0n) is 8.96. The molecule has 0 unspecified atom stereocenters. The van der Waals surface area contributed by atoms with E-state index in [2.05, 4.69) is 31.2 Å². The Morgan fingerprint density at radius 3 is 3.00 bits per heavy atom. The molecule has 1 aromatic heterocycles. The number of rotatable bonds is 1. The standard InChI is InChI=1S/C12H10BrN3O/c13-8-3-1-2-7(4-8)11-15-10-6-14-5-9(10)12(17)16-11/h1-4,14H,5-6H2,(H,15,16,17). The van der Waals surface area contributed by atoms with Gasteiger partial charge in [0.1, 0.15) is 5.82 Å². The van der Waals surface area contributed by atoms with E-state index in [1.165, 1.54) is 0 Å². The maximum absolute atomic E-state index is 11.8. The Morgan fingerprint density at radius 2 is 2.18 bits per heavy atom. The van der Waals surface area contributed by atoms with Gasteiger partial charge < -0.3 is 10.3 Å². The van der Waals surface area contributed by atoms with E-state index in [0.29, 0.717) is 18.9 Å². The molecule has 0 spiro atoms. The summed E-state index contributed by atoms with van der Waals surface area (Å²) >= 11 is 3.41. The molecule has 0 atom stereocenters. The van der Waals surface area contributed by atoms with Gasteiger partial charge in [-0.1, -0.05) is 28.1 Å². The first-order valence-corrected chi connectivity index (χ1v) is 6.12. The quantitative estimate of drug-likeness (QED) is 0.842. The number of hydrogen-bond acceptors (Lipinski definition) is 3. The fourth-order valence-corrected chi connectivity index (χ4v) is 2.35. The predicted molar refractivity (Wildman–Crippen MR) is 68.5 cm³/mol. The summed E-state index contributed by atoms with van der Waals surface area (Å²) < 4.78 is 0.969. The summed E-state index contributed by atoms with van der Waals surface area (Å²) in [7, 11) is 0. The van der Waals surface area contributed by atoms with Crippen LogP contribution >= 0.6 is 15.9 Å². The first kappa shape index (κ1) is 10.7. The van der Waals surface area contributed by atoms with Crippen LogP contribution < -0.4 is 10.9 Å². The van der Waals surface area contributed by atoms with Gasteiger partial charge in [-0.2, -0.15) is 0 Å². The number of halogens is 1. The van der Waals surface area contributed by atoms with Crippen molar-refractivity contribution in [1.82, 2.24) is 15.3 Å². The molecule has 0 amide bonds. The lowest BCUT2D eigenvalue weighted by atomic mass is 10.2. The van der Waals surface area contributed by atoms with Crippen molar-refractivity contribution in [3.05, 3.63) is 50.3 Å². The smallest absolute Gasteiger partial charge is 0.255 e. The lowest BCUT2D eigenvalue weighted by Gasteiger charge is -2.03. The number of hydrogen-bond donors (Lipinski definition) is 2. The Bertz CT molecular complexity index is 636. The molecule has 2 N–H and O–H groups in total. The Hall–Kier alpha value is -1.46. The molecule has 2 heterocycles. The average Bonchev–Trinajstić information content (AvgIpc) is 2.77. The van der Waals surface area contributed by atoms with Crippen LogP contribution in [0.5, 0.6) is 0 Å². The van der Waals surface area contributed by atoms with Crippen molar-refractivity contribution in [3.63, 3.8) is 0 Å². The molecule has 0 fully saturated rings. The van der Waals surface area contributed by atoms with Crippen LogP contribution in [0.1, 0.15) is 11.3 Å². The number of aromatic amines is 1. The first-order valence-electron chi connectivity index (χ1n) is 5.33. The molecule has 1 aromatic carbocycles. The molecule has 1 aliphatic heterocycles. The number of nitrogens with zero attached hydrogens (tertiary/aromatic N) is 1. The van der Waals surface area contributed by atoms with Gasteiger partial charge in [-0.3, -0.25) is 4.79 Å². The molecule has 2 aromatic rings. The molecule has 3 rings (SSSR count). The summed E-state index contributed by atoms with van der Waals surface area (Å²) in [5, 5.41) is 3.13. The highest BCUT2D eigenvalue weighted by Gasteiger charge is 2.16. The third-order valence-corrected chi connectivity index (χ3v) is 3.29. The SMILES string of the molecule is O=c1[nH]c(-c2cccc(Br)c2)nc2c1CNC2. The molecule has 0 radical (unpaired) electrons. The Kier molecular flexibility index (Phi) is 2.57. The Labute approximate surface area is 106 Å². The molecular formula is C12H10BrN3O. The summed E-state index contributed by atoms with van der Waals surface area (Å²) in [6, 6.07) is 7.73. The van der Waals surface area contributed by atoms with Gasteiger partial charge in [0.25, 0.3) is 5.56 Å². The van der Waals surface area contributed by atoms with Crippen molar-refractivity contribution in [2.45, 2.75) is 13.1 Å². The van der Waals surface area contributed by atoms with Crippen LogP contribution in [-0.4, -0.2) is 9.97 Å². The molecule has 17 heavy (non-hydrogen) atoms. The zero-order chi connectivity index (χ0) is 11.8. The minimum absolute atomic E-state index is 0.0463. The Balaban J connectivity index is 2.16. The summed E-state index contributed by atoms with van der Waals surface area (Å²) in [4.78, 5) is 19.2. The van der Waals surface area contributed by atoms with Gasteiger partial charge in [0.2, 0.25) is 0 Å². The molecule has 0 saturated heterocycles. The summed E-state index contributed by atoms with van der Waals surface area (Å²) in [5.41, 5.74) is 2.47. The zero-order valence-corrected chi connectivity index (χ0v) is 10.5. The van der Waals surface area contributed by atoms with Gasteiger partial charge in [0, 0.05) is 23.1 Å². The van der Waals surface area contributed by atoms with Crippen LogP contribution in [0.3, 0.4) is 0 Å². The average molecular weight is 292 g/mol. The van der Waals surface area contributed by atoms with E-state index in [0.717, 1.165) is 21.3 Å². The Morgan fingerprint density at radius 1 is 1.29 bits per heavy atom. The monoisotopic (exact) mass is 291 g/mol. The van der Waals surface area contributed by atoms with Gasteiger partial charge >= 0.3 is 0 Å². The van der Waals surface area contributed by atoms with Crippen LogP contribution in [0.25, 0.3) is 11.4 Å². The highest BCUT2D eigenvalue weighted by Crippen LogP contribution is 2.20. The number of aromatic nitrogens is 2. The fraction of sp³-hybridized carbons (Fsp3) is 0.167. The van der Waals surface area contributed by atoms with E-state index < -0.39 is 0 Å². The largest absolute Gasteiger partial charge is 0.307 e. The third-order valence-electron chi connectivity index (χ3n) is 2.79. The predicted octanol–water partition coefficient (Wildman–Crippen LogP) is 1.80. The molecule has 5 heteroatoms.